The van der Waals surface area contributed by atoms with Gasteiger partial charge in [-0.05, 0) is 105 Å². The summed E-state index contributed by atoms with van der Waals surface area (Å²) in [5.41, 5.74) is 10.2. The number of aryl methyl sites for hydroxylation is 1. The Bertz CT molecular complexity index is 2350. The van der Waals surface area contributed by atoms with Gasteiger partial charge in [0.25, 0.3) is 5.91 Å². The summed E-state index contributed by atoms with van der Waals surface area (Å²) in [6, 6.07) is 16.4. The van der Waals surface area contributed by atoms with Crippen molar-refractivity contribution in [2.75, 3.05) is 39.9 Å². The first-order valence-electron chi connectivity index (χ1n) is 22.5. The highest BCUT2D eigenvalue weighted by atomic mass is 16.5. The van der Waals surface area contributed by atoms with E-state index in [-0.39, 0.29) is 42.8 Å². The number of benzene rings is 2. The highest BCUT2D eigenvalue weighted by Gasteiger charge is 2.52. The molecule has 13 heteroatoms. The van der Waals surface area contributed by atoms with E-state index in [9.17, 15) is 19.2 Å². The van der Waals surface area contributed by atoms with E-state index >= 15 is 0 Å². The van der Waals surface area contributed by atoms with Crippen LogP contribution in [0, 0.1) is 16.7 Å². The van der Waals surface area contributed by atoms with Gasteiger partial charge in [-0.3, -0.25) is 29.2 Å². The molecule has 5 atom stereocenters. The molecule has 4 aliphatic rings. The van der Waals surface area contributed by atoms with Gasteiger partial charge >= 0.3 is 5.97 Å². The number of ether oxygens (including phenoxy) is 2. The number of esters is 1. The van der Waals surface area contributed by atoms with Gasteiger partial charge in [0.15, 0.2) is 0 Å². The molecule has 3 fully saturated rings. The third-order valence-corrected chi connectivity index (χ3v) is 13.7. The first-order chi connectivity index (χ1) is 29.7. The van der Waals surface area contributed by atoms with Crippen LogP contribution in [0.3, 0.4) is 0 Å². The van der Waals surface area contributed by atoms with Crippen LogP contribution in [0.4, 0.5) is 0 Å². The maximum Gasteiger partial charge on any atom is 0.324 e. The Morgan fingerprint density at radius 2 is 1.84 bits per heavy atom. The molecule has 3 saturated heterocycles. The molecule has 3 N–H and O–H groups in total. The molecule has 8 rings (SSSR count). The van der Waals surface area contributed by atoms with Crippen LogP contribution in [-0.4, -0.2) is 101 Å². The molecule has 0 saturated carbocycles. The second kappa shape index (κ2) is 17.6. The molecule has 6 heterocycles. The molecule has 3 amide bonds. The van der Waals surface area contributed by atoms with Gasteiger partial charge < -0.3 is 29.6 Å². The van der Waals surface area contributed by atoms with Gasteiger partial charge in [0, 0.05) is 67.8 Å². The maximum absolute atomic E-state index is 14.7. The van der Waals surface area contributed by atoms with E-state index in [1.807, 2.05) is 39.0 Å². The molecular weight excluding hydrogens is 783 g/mol. The molecule has 4 aliphatic heterocycles. The van der Waals surface area contributed by atoms with Crippen molar-refractivity contribution in [3.05, 3.63) is 77.6 Å². The zero-order chi connectivity index (χ0) is 43.9. The average Bonchev–Trinajstić information content (AvgIpc) is 3.97. The van der Waals surface area contributed by atoms with Gasteiger partial charge in [0.1, 0.15) is 18.1 Å². The molecule has 62 heavy (non-hydrogen) atoms. The van der Waals surface area contributed by atoms with E-state index in [2.05, 4.69) is 77.8 Å². The van der Waals surface area contributed by atoms with Crippen LogP contribution in [0.2, 0.25) is 0 Å². The van der Waals surface area contributed by atoms with Crippen LogP contribution in [0.1, 0.15) is 90.2 Å². The lowest BCUT2D eigenvalue weighted by atomic mass is 9.84. The number of hydrogen-bond donors (Lipinski definition) is 3. The summed E-state index contributed by atoms with van der Waals surface area (Å²) in [4.78, 5) is 63.6. The third kappa shape index (κ3) is 8.26. The largest absolute Gasteiger partial charge is 0.464 e. The van der Waals surface area contributed by atoms with Crippen molar-refractivity contribution in [2.45, 2.75) is 111 Å². The lowest BCUT2D eigenvalue weighted by Gasteiger charge is -2.37. The Kier molecular flexibility index (Phi) is 12.3. The van der Waals surface area contributed by atoms with Crippen LogP contribution in [0.15, 0.2) is 60.8 Å². The van der Waals surface area contributed by atoms with Crippen molar-refractivity contribution in [1.82, 2.24) is 35.5 Å². The molecule has 0 radical (unpaired) electrons. The standard InChI is InChI=1S/C49H63N7O6/c1-8-54-40-17-16-34-26-36(40)37(43(54)35-14-10-20-51-41(35)31(4)61-7)27-48(5,6)29-62-46(59)38-15-11-22-56(53-38)45(58)39(25-32-12-9-13-33(34)24-32)52-44(57)42(30(2)3)55-23-19-49(47(55)60)18-21-50-28-49/h9-10,12-14,16-17,20,24,26,30-31,38-39,42,50,53H,8,11,15,18-19,21-23,25,27-29H2,1-7H3,(H,52,57)/t31-,38-,39-,42-,49-/m0/s1. The molecule has 2 aromatic heterocycles. The van der Waals surface area contributed by atoms with Crippen LogP contribution in [0.5, 0.6) is 0 Å². The molecule has 6 bridgehead atoms. The molecule has 1 spiro atoms. The Morgan fingerprint density at radius 1 is 1.03 bits per heavy atom. The SMILES string of the molecule is CCn1c(-c2cccnc2[C@H](C)OC)c2c3cc(ccc31)-c1cccc(c1)C[C@H](NC(=O)[C@H](C(C)C)N1CC[C@]3(CCNC3)C1=O)C(=O)N1CCC[C@H](N1)C(=O)OCC(C)(C)C2. The van der Waals surface area contributed by atoms with Gasteiger partial charge in [-0.1, -0.05) is 58.0 Å². The number of pyridine rings is 1. The van der Waals surface area contributed by atoms with Crippen LogP contribution in [-0.2, 0) is 48.0 Å². The molecule has 2 aromatic carbocycles. The van der Waals surface area contributed by atoms with Gasteiger partial charge in [0.2, 0.25) is 11.8 Å². The number of hydrazine groups is 1. The predicted octanol–water partition coefficient (Wildman–Crippen LogP) is 5.98. The van der Waals surface area contributed by atoms with E-state index in [4.69, 9.17) is 14.5 Å². The molecule has 4 aromatic rings. The van der Waals surface area contributed by atoms with Gasteiger partial charge in [-0.15, -0.1) is 0 Å². The van der Waals surface area contributed by atoms with Crippen molar-refractivity contribution < 1.29 is 28.7 Å². The molecule has 13 nitrogen and oxygen atoms in total. The Balaban J connectivity index is 1.21. The number of hydrogen-bond acceptors (Lipinski definition) is 9. The second-order valence-corrected chi connectivity index (χ2v) is 19.0. The van der Waals surface area contributed by atoms with Gasteiger partial charge in [-0.25, -0.2) is 5.43 Å². The minimum atomic E-state index is -0.975. The minimum absolute atomic E-state index is 0.00857. The van der Waals surface area contributed by atoms with Crippen LogP contribution < -0.4 is 16.1 Å². The summed E-state index contributed by atoms with van der Waals surface area (Å²) in [6.07, 6.45) is 4.93. The Hall–Kier alpha value is -5.11. The maximum atomic E-state index is 14.7. The highest BCUT2D eigenvalue weighted by Crippen LogP contribution is 2.42. The quantitative estimate of drug-likeness (QED) is 0.182. The first-order valence-corrected chi connectivity index (χ1v) is 22.5. The number of carbonyl (C=O) groups is 4. The number of rotatable bonds is 8. The Morgan fingerprint density at radius 3 is 2.58 bits per heavy atom. The molecular formula is C49H63N7O6. The van der Waals surface area contributed by atoms with E-state index < -0.39 is 34.9 Å². The average molecular weight is 846 g/mol. The monoisotopic (exact) mass is 845 g/mol. The van der Waals surface area contributed by atoms with Crippen molar-refractivity contribution in [3.63, 3.8) is 0 Å². The number of methoxy groups -OCH3 is 1. The number of aromatic nitrogens is 2. The lowest BCUT2D eigenvalue weighted by molar-refractivity contribution is -0.155. The smallest absolute Gasteiger partial charge is 0.324 e. The first kappa shape index (κ1) is 43.5. The van der Waals surface area contributed by atoms with E-state index in [0.29, 0.717) is 45.3 Å². The van der Waals surface area contributed by atoms with Crippen LogP contribution in [0.25, 0.3) is 33.3 Å². The van der Waals surface area contributed by atoms with Gasteiger partial charge in [0.05, 0.1) is 29.5 Å². The highest BCUT2D eigenvalue weighted by molar-refractivity contribution is 5.96. The second-order valence-electron chi connectivity index (χ2n) is 19.0. The third-order valence-electron chi connectivity index (χ3n) is 13.7. The summed E-state index contributed by atoms with van der Waals surface area (Å²) in [5, 5.41) is 9.06. The number of amides is 3. The molecule has 0 unspecified atom stereocenters. The summed E-state index contributed by atoms with van der Waals surface area (Å²) >= 11 is 0. The fraction of sp³-hybridized carbons (Fsp3) is 0.531. The summed E-state index contributed by atoms with van der Waals surface area (Å²) in [6.45, 7) is 15.4. The van der Waals surface area contributed by atoms with E-state index in [1.165, 1.54) is 5.01 Å². The fourth-order valence-corrected chi connectivity index (χ4v) is 10.3. The van der Waals surface area contributed by atoms with Crippen molar-refractivity contribution in [2.24, 2.45) is 16.7 Å². The van der Waals surface area contributed by atoms with Crippen LogP contribution >= 0.6 is 0 Å². The Labute approximate surface area is 365 Å². The van der Waals surface area contributed by atoms with Crippen molar-refractivity contribution in [1.29, 1.82) is 0 Å². The fourth-order valence-electron chi connectivity index (χ4n) is 10.3. The predicted molar refractivity (Wildman–Crippen MR) is 239 cm³/mol. The minimum Gasteiger partial charge on any atom is -0.464 e. The number of nitrogens with one attached hydrogen (secondary N) is 3. The topological polar surface area (TPSA) is 147 Å². The van der Waals surface area contributed by atoms with E-state index in [1.54, 1.807) is 18.2 Å². The number of fused-ring (bicyclic) bond motifs is 6. The van der Waals surface area contributed by atoms with Gasteiger partial charge in [-0.2, -0.15) is 0 Å². The summed E-state index contributed by atoms with van der Waals surface area (Å²) < 4.78 is 14.3. The number of cyclic esters (lactones) is 1. The van der Waals surface area contributed by atoms with Crippen molar-refractivity contribution in [3.8, 4) is 22.4 Å². The zero-order valence-corrected chi connectivity index (χ0v) is 37.4. The molecule has 330 valence electrons. The summed E-state index contributed by atoms with van der Waals surface area (Å²) in [5.74, 6) is -1.29. The molecule has 0 aliphatic carbocycles. The van der Waals surface area contributed by atoms with Crippen molar-refractivity contribution >= 4 is 34.6 Å². The zero-order valence-electron chi connectivity index (χ0n) is 37.4. The number of carbonyl (C=O) groups excluding carboxylic acids is 4. The van der Waals surface area contributed by atoms with E-state index in [0.717, 1.165) is 69.6 Å². The number of nitrogens with zero attached hydrogens (tertiary/aromatic N) is 4. The summed E-state index contributed by atoms with van der Waals surface area (Å²) in [7, 11) is 1.70. The normalized spacial score (nSPS) is 24.1. The number of likely N-dealkylation sites (tertiary alicyclic amines) is 1. The lowest BCUT2D eigenvalue weighted by Crippen LogP contribution is -2.62.